The number of hydrogen-bond donors (Lipinski definition) is 0. The van der Waals surface area contributed by atoms with E-state index >= 15 is 0 Å². The van der Waals surface area contributed by atoms with Crippen molar-refractivity contribution >= 4 is 49.3 Å². The minimum absolute atomic E-state index is 0.783. The number of methoxy groups -OCH3 is 2. The molecule has 0 aliphatic heterocycles. The molecule has 0 aliphatic carbocycles. The Morgan fingerprint density at radius 3 is 2.14 bits per heavy atom. The molecular formula is C29H20N4O2. The standard InChI is InChI=1S/C29H20N4O2/c1-34-18-12-10-17(11-13-18)19-6-3-7-20-23(35-2)16-33-28-22-9-5-15-31-26(22)25-21(8-4-14-30-25)27(28)32-29(33)24(19)20/h3-16H,1-2H3. The topological polar surface area (TPSA) is 61.5 Å². The van der Waals surface area contributed by atoms with Crippen LogP contribution in [-0.2, 0) is 0 Å². The second-order valence-electron chi connectivity index (χ2n) is 8.46. The van der Waals surface area contributed by atoms with Gasteiger partial charge in [0.2, 0.25) is 0 Å². The van der Waals surface area contributed by atoms with E-state index in [0.29, 0.717) is 0 Å². The molecule has 0 bridgehead atoms. The van der Waals surface area contributed by atoms with Crippen LogP contribution in [-0.4, -0.2) is 33.6 Å². The zero-order valence-corrected chi connectivity index (χ0v) is 19.2. The van der Waals surface area contributed by atoms with E-state index < -0.39 is 0 Å². The predicted molar refractivity (Wildman–Crippen MR) is 139 cm³/mol. The lowest BCUT2D eigenvalue weighted by Gasteiger charge is -2.13. The Balaban J connectivity index is 1.72. The van der Waals surface area contributed by atoms with Crippen LogP contribution in [0, 0.1) is 0 Å². The van der Waals surface area contributed by atoms with Gasteiger partial charge in [0.15, 0.2) is 0 Å². The molecule has 35 heavy (non-hydrogen) atoms. The first kappa shape index (κ1) is 19.7. The molecule has 0 saturated carbocycles. The van der Waals surface area contributed by atoms with Gasteiger partial charge >= 0.3 is 0 Å². The molecule has 0 spiro atoms. The highest BCUT2D eigenvalue weighted by atomic mass is 16.5. The van der Waals surface area contributed by atoms with E-state index in [2.05, 4.69) is 56.8 Å². The summed E-state index contributed by atoms with van der Waals surface area (Å²) in [5.41, 5.74) is 6.63. The molecular weight excluding hydrogens is 436 g/mol. The zero-order chi connectivity index (χ0) is 23.5. The van der Waals surface area contributed by atoms with E-state index in [4.69, 9.17) is 14.5 Å². The van der Waals surface area contributed by atoms with Crippen molar-refractivity contribution in [3.8, 4) is 22.6 Å². The number of aromatic nitrogens is 4. The van der Waals surface area contributed by atoms with Gasteiger partial charge in [-0.05, 0) is 47.5 Å². The highest BCUT2D eigenvalue weighted by Gasteiger charge is 2.20. The highest BCUT2D eigenvalue weighted by molar-refractivity contribution is 6.23. The number of pyridine rings is 3. The molecule has 6 heteroatoms. The van der Waals surface area contributed by atoms with E-state index in [1.54, 1.807) is 20.4 Å². The lowest BCUT2D eigenvalue weighted by molar-refractivity contribution is 0.415. The smallest absolute Gasteiger partial charge is 0.146 e. The van der Waals surface area contributed by atoms with Crippen LogP contribution in [0.3, 0.4) is 0 Å². The quantitative estimate of drug-likeness (QED) is 0.287. The van der Waals surface area contributed by atoms with Gasteiger partial charge in [-0.1, -0.05) is 30.3 Å². The maximum atomic E-state index is 5.88. The average molecular weight is 457 g/mol. The summed E-state index contributed by atoms with van der Waals surface area (Å²) in [6.45, 7) is 0. The van der Waals surface area contributed by atoms with Crippen molar-refractivity contribution in [2.24, 2.45) is 0 Å². The predicted octanol–water partition coefficient (Wildman–Crippen LogP) is 6.42. The normalized spacial score (nSPS) is 11.7. The Hall–Kier alpha value is -4.71. The van der Waals surface area contributed by atoms with Gasteiger partial charge in [-0.15, -0.1) is 0 Å². The van der Waals surface area contributed by atoms with Crippen LogP contribution >= 0.6 is 0 Å². The summed E-state index contributed by atoms with van der Waals surface area (Å²) in [5, 5.41) is 4.02. The van der Waals surface area contributed by atoms with Crippen LogP contribution in [0.4, 0.5) is 0 Å². The molecule has 6 nitrogen and oxygen atoms in total. The number of imidazole rings is 1. The largest absolute Gasteiger partial charge is 0.497 e. The summed E-state index contributed by atoms with van der Waals surface area (Å²) in [4.78, 5) is 14.6. The molecule has 0 N–H and O–H groups in total. The van der Waals surface area contributed by atoms with Crippen molar-refractivity contribution in [2.45, 2.75) is 0 Å². The maximum absolute atomic E-state index is 5.88. The van der Waals surface area contributed by atoms with E-state index in [1.807, 2.05) is 36.7 Å². The van der Waals surface area contributed by atoms with Gasteiger partial charge in [0.05, 0.1) is 42.5 Å². The Kier molecular flexibility index (Phi) is 4.17. The zero-order valence-electron chi connectivity index (χ0n) is 19.2. The van der Waals surface area contributed by atoms with Crippen LogP contribution in [0.15, 0.2) is 85.3 Å². The van der Waals surface area contributed by atoms with Crippen LogP contribution in [0.5, 0.6) is 11.5 Å². The average Bonchev–Trinajstić information content (AvgIpc) is 3.32. The Labute approximate surface area is 200 Å². The Morgan fingerprint density at radius 2 is 1.40 bits per heavy atom. The molecule has 3 aromatic carbocycles. The van der Waals surface area contributed by atoms with Gasteiger partial charge < -0.3 is 9.47 Å². The summed E-state index contributed by atoms with van der Waals surface area (Å²) >= 11 is 0. The van der Waals surface area contributed by atoms with Crippen molar-refractivity contribution < 1.29 is 9.47 Å². The van der Waals surface area contributed by atoms with Crippen molar-refractivity contribution in [3.63, 3.8) is 0 Å². The summed E-state index contributed by atoms with van der Waals surface area (Å²) in [6, 6.07) is 22.4. The first-order valence-corrected chi connectivity index (χ1v) is 11.4. The monoisotopic (exact) mass is 456 g/mol. The van der Waals surface area contributed by atoms with Crippen LogP contribution in [0.25, 0.3) is 60.4 Å². The minimum atomic E-state index is 0.783. The summed E-state index contributed by atoms with van der Waals surface area (Å²) in [5.74, 6) is 1.60. The Morgan fingerprint density at radius 1 is 0.686 bits per heavy atom. The molecule has 4 heterocycles. The van der Waals surface area contributed by atoms with Crippen molar-refractivity contribution in [1.82, 2.24) is 19.4 Å². The van der Waals surface area contributed by atoms with Crippen molar-refractivity contribution in [3.05, 3.63) is 85.3 Å². The lowest BCUT2D eigenvalue weighted by atomic mass is 9.98. The molecule has 0 aliphatic rings. The molecule has 0 radical (unpaired) electrons. The van der Waals surface area contributed by atoms with Gasteiger partial charge in [-0.25, -0.2) is 4.98 Å². The van der Waals surface area contributed by atoms with Crippen LogP contribution in [0.1, 0.15) is 0 Å². The van der Waals surface area contributed by atoms with Crippen LogP contribution < -0.4 is 9.47 Å². The van der Waals surface area contributed by atoms with Crippen molar-refractivity contribution in [2.75, 3.05) is 14.2 Å². The highest BCUT2D eigenvalue weighted by Crippen LogP contribution is 2.40. The van der Waals surface area contributed by atoms with E-state index in [9.17, 15) is 0 Å². The minimum Gasteiger partial charge on any atom is -0.497 e. The molecule has 7 rings (SSSR count). The number of fused-ring (bicyclic) bond motifs is 10. The van der Waals surface area contributed by atoms with Crippen molar-refractivity contribution in [1.29, 1.82) is 0 Å². The fourth-order valence-electron chi connectivity index (χ4n) is 5.11. The molecule has 0 saturated heterocycles. The molecule has 0 unspecified atom stereocenters. The first-order chi connectivity index (χ1) is 17.3. The summed E-state index contributed by atoms with van der Waals surface area (Å²) in [7, 11) is 3.38. The third kappa shape index (κ3) is 2.74. The van der Waals surface area contributed by atoms with Gasteiger partial charge in [-0.3, -0.25) is 14.4 Å². The van der Waals surface area contributed by atoms with E-state index in [-0.39, 0.29) is 0 Å². The maximum Gasteiger partial charge on any atom is 0.146 e. The van der Waals surface area contributed by atoms with Gasteiger partial charge in [-0.2, -0.15) is 0 Å². The molecule has 168 valence electrons. The second-order valence-corrected chi connectivity index (χ2v) is 8.46. The first-order valence-electron chi connectivity index (χ1n) is 11.4. The molecule has 0 atom stereocenters. The fraction of sp³-hybridized carbons (Fsp3) is 0.0690. The summed E-state index contributed by atoms with van der Waals surface area (Å²) < 4.78 is 13.4. The van der Waals surface area contributed by atoms with E-state index in [1.165, 1.54) is 0 Å². The van der Waals surface area contributed by atoms with E-state index in [0.717, 1.165) is 71.9 Å². The molecule has 7 aromatic rings. The van der Waals surface area contributed by atoms with Gasteiger partial charge in [0.25, 0.3) is 0 Å². The number of benzene rings is 3. The molecule has 4 aromatic heterocycles. The number of hydrogen-bond acceptors (Lipinski definition) is 5. The number of ether oxygens (including phenoxy) is 2. The number of rotatable bonds is 3. The molecule has 0 fully saturated rings. The van der Waals surface area contributed by atoms with Gasteiger partial charge in [0.1, 0.15) is 17.1 Å². The fourth-order valence-corrected chi connectivity index (χ4v) is 5.11. The second kappa shape index (κ2) is 7.40. The third-order valence-electron chi connectivity index (χ3n) is 6.68. The molecule has 0 amide bonds. The Bertz CT molecular complexity index is 1920. The summed E-state index contributed by atoms with van der Waals surface area (Å²) in [6.07, 6.45) is 5.64. The SMILES string of the molecule is COc1ccc(-c2cccc3c(OC)cn4c(nc5c6cccnc6c6ncccc6c54)c23)cc1. The third-order valence-corrected chi connectivity index (χ3v) is 6.68. The van der Waals surface area contributed by atoms with Gasteiger partial charge in [0, 0.05) is 33.9 Å². The lowest BCUT2D eigenvalue weighted by Crippen LogP contribution is -1.95. The van der Waals surface area contributed by atoms with Crippen LogP contribution in [0.2, 0.25) is 0 Å². The number of nitrogens with zero attached hydrogens (tertiary/aromatic N) is 4.